The highest BCUT2D eigenvalue weighted by Gasteiger charge is 2.24. The molecule has 1 aliphatic rings. The smallest absolute Gasteiger partial charge is 0.409 e. The van der Waals surface area contributed by atoms with Gasteiger partial charge in [-0.2, -0.15) is 0 Å². The predicted molar refractivity (Wildman–Crippen MR) is 104 cm³/mol. The third-order valence-electron chi connectivity index (χ3n) is 3.35. The Hall–Kier alpha value is -0.820. The number of rotatable bonds is 6. The molecule has 0 saturated carbocycles. The van der Waals surface area contributed by atoms with Gasteiger partial charge in [-0.25, -0.2) is 18.4 Å². The molecule has 0 aromatic rings. The first-order valence-corrected chi connectivity index (χ1v) is 9.54. The topological polar surface area (TPSA) is 126 Å². The Kier molecular flexibility index (Phi) is 11.3. The van der Waals surface area contributed by atoms with Crippen molar-refractivity contribution >= 4 is 46.1 Å². The van der Waals surface area contributed by atoms with Crippen LogP contribution in [0.4, 0.5) is 4.79 Å². The Bertz CT molecular complexity index is 506. The number of ether oxygens (including phenoxy) is 1. The van der Waals surface area contributed by atoms with Crippen molar-refractivity contribution in [1.82, 2.24) is 15.5 Å². The molecule has 0 spiro atoms. The minimum Gasteiger partial charge on any atom is -0.450 e. The molecule has 1 saturated heterocycles. The van der Waals surface area contributed by atoms with Crippen molar-refractivity contribution in [3.05, 3.63) is 0 Å². The summed E-state index contributed by atoms with van der Waals surface area (Å²) >= 11 is 0. The van der Waals surface area contributed by atoms with Crippen molar-refractivity contribution in [2.45, 2.75) is 32.7 Å². The highest BCUT2D eigenvalue weighted by Crippen LogP contribution is 2.11. The quantitative estimate of drug-likeness (QED) is 0.283. The van der Waals surface area contributed by atoms with E-state index in [4.69, 9.17) is 9.88 Å². The lowest BCUT2D eigenvalue weighted by molar-refractivity contribution is 0.0963. The van der Waals surface area contributed by atoms with Crippen molar-refractivity contribution in [3.63, 3.8) is 0 Å². The summed E-state index contributed by atoms with van der Waals surface area (Å²) < 4.78 is 26.8. The third kappa shape index (κ3) is 9.47. The number of piperidine rings is 1. The summed E-state index contributed by atoms with van der Waals surface area (Å²) in [5.74, 6) is 0.371. The van der Waals surface area contributed by atoms with E-state index >= 15 is 0 Å². The van der Waals surface area contributed by atoms with Gasteiger partial charge in [0, 0.05) is 25.7 Å². The van der Waals surface area contributed by atoms with E-state index in [0.29, 0.717) is 32.2 Å². The molecule has 0 radical (unpaired) electrons. The maximum absolute atomic E-state index is 11.6. The molecule has 1 heterocycles. The molecule has 1 fully saturated rings. The van der Waals surface area contributed by atoms with Crippen LogP contribution >= 0.6 is 24.0 Å². The number of hydrogen-bond acceptors (Lipinski definition) is 5. The Morgan fingerprint density at radius 2 is 1.96 bits per heavy atom. The van der Waals surface area contributed by atoms with Gasteiger partial charge in [-0.3, -0.25) is 4.99 Å². The predicted octanol–water partition coefficient (Wildman–Crippen LogP) is 0.0689. The third-order valence-corrected chi connectivity index (χ3v) is 4.10. The molecule has 11 heteroatoms. The average Bonchev–Trinajstić information content (AvgIpc) is 2.47. The van der Waals surface area contributed by atoms with Crippen LogP contribution in [-0.4, -0.2) is 70.0 Å². The molecule has 1 rings (SSSR count). The summed E-state index contributed by atoms with van der Waals surface area (Å²) in [5, 5.41) is 11.3. The number of nitrogens with zero attached hydrogens (tertiary/aromatic N) is 2. The number of nitrogens with one attached hydrogen (secondary N) is 2. The zero-order chi connectivity index (χ0) is 17.3. The van der Waals surface area contributed by atoms with Crippen LogP contribution < -0.4 is 15.8 Å². The Labute approximate surface area is 160 Å². The van der Waals surface area contributed by atoms with Gasteiger partial charge in [-0.15, -0.1) is 24.0 Å². The second-order valence-electron chi connectivity index (χ2n) is 5.23. The van der Waals surface area contributed by atoms with Crippen LogP contribution in [0.25, 0.3) is 0 Å². The van der Waals surface area contributed by atoms with Crippen LogP contribution in [0.2, 0.25) is 0 Å². The van der Waals surface area contributed by atoms with Crippen LogP contribution in [0.5, 0.6) is 0 Å². The highest BCUT2D eigenvalue weighted by atomic mass is 127. The Morgan fingerprint density at radius 1 is 1.33 bits per heavy atom. The lowest BCUT2D eigenvalue weighted by Gasteiger charge is -2.32. The van der Waals surface area contributed by atoms with Crippen LogP contribution in [-0.2, 0) is 14.8 Å². The van der Waals surface area contributed by atoms with Crippen molar-refractivity contribution in [1.29, 1.82) is 0 Å². The van der Waals surface area contributed by atoms with E-state index in [1.54, 1.807) is 11.8 Å². The minimum atomic E-state index is -3.51. The van der Waals surface area contributed by atoms with Crippen LogP contribution in [0, 0.1) is 0 Å². The van der Waals surface area contributed by atoms with Crippen molar-refractivity contribution in [3.8, 4) is 0 Å². The number of nitrogens with two attached hydrogens (primary N) is 1. The largest absolute Gasteiger partial charge is 0.450 e. The number of amides is 1. The first kappa shape index (κ1) is 23.2. The van der Waals surface area contributed by atoms with Gasteiger partial charge in [0.1, 0.15) is 0 Å². The standard InChI is InChI=1S/C13H27N5O4S.HI/c1-3-15-12(16-7-10-23(14,20)21)17-11-5-8-18(9-6-11)13(19)22-4-2;/h11H,3-10H2,1-2H3,(H2,14,20,21)(H2,15,16,17);1H. The summed E-state index contributed by atoms with van der Waals surface area (Å²) in [6.45, 7) is 6.10. The van der Waals surface area contributed by atoms with E-state index < -0.39 is 10.0 Å². The van der Waals surface area contributed by atoms with E-state index in [1.165, 1.54) is 0 Å². The fourth-order valence-corrected chi connectivity index (χ4v) is 2.56. The van der Waals surface area contributed by atoms with Gasteiger partial charge in [0.15, 0.2) is 5.96 Å². The molecule has 1 amide bonds. The van der Waals surface area contributed by atoms with E-state index in [1.807, 2.05) is 6.92 Å². The number of carbonyl (C=O) groups is 1. The maximum Gasteiger partial charge on any atom is 0.409 e. The molecule has 142 valence electrons. The van der Waals surface area contributed by atoms with E-state index in [9.17, 15) is 13.2 Å². The zero-order valence-electron chi connectivity index (χ0n) is 14.2. The minimum absolute atomic E-state index is 0. The van der Waals surface area contributed by atoms with Crippen LogP contribution in [0.3, 0.4) is 0 Å². The fourth-order valence-electron chi connectivity index (χ4n) is 2.22. The molecule has 1 aliphatic heterocycles. The second-order valence-corrected chi connectivity index (χ2v) is 6.97. The van der Waals surface area contributed by atoms with Gasteiger partial charge in [0.2, 0.25) is 10.0 Å². The average molecular weight is 477 g/mol. The zero-order valence-corrected chi connectivity index (χ0v) is 17.3. The molecular weight excluding hydrogens is 449 g/mol. The summed E-state index contributed by atoms with van der Waals surface area (Å²) in [6, 6.07) is 0.174. The van der Waals surface area contributed by atoms with Gasteiger partial charge in [-0.05, 0) is 26.7 Å². The number of hydrogen-bond donors (Lipinski definition) is 3. The molecular formula is C13H28IN5O4S. The number of sulfonamides is 1. The Morgan fingerprint density at radius 3 is 2.46 bits per heavy atom. The Balaban J connectivity index is 0.00000529. The number of carbonyl (C=O) groups excluding carboxylic acids is 1. The molecule has 0 atom stereocenters. The number of likely N-dealkylation sites (tertiary alicyclic amines) is 1. The van der Waals surface area contributed by atoms with E-state index in [0.717, 1.165) is 12.8 Å². The monoisotopic (exact) mass is 477 g/mol. The number of primary sulfonamides is 1. The van der Waals surface area contributed by atoms with Crippen LogP contribution in [0.1, 0.15) is 26.7 Å². The maximum atomic E-state index is 11.6. The normalized spacial score (nSPS) is 16.3. The lowest BCUT2D eigenvalue weighted by Crippen LogP contribution is -2.50. The van der Waals surface area contributed by atoms with Gasteiger partial charge in [0.25, 0.3) is 0 Å². The number of halogens is 1. The molecule has 0 unspecified atom stereocenters. The molecule has 24 heavy (non-hydrogen) atoms. The highest BCUT2D eigenvalue weighted by molar-refractivity contribution is 14.0. The van der Waals surface area contributed by atoms with E-state index in [-0.39, 0.29) is 48.4 Å². The first-order chi connectivity index (χ1) is 10.9. The van der Waals surface area contributed by atoms with Gasteiger partial charge in [-0.1, -0.05) is 0 Å². The van der Waals surface area contributed by atoms with Crippen LogP contribution in [0.15, 0.2) is 4.99 Å². The van der Waals surface area contributed by atoms with Gasteiger partial charge < -0.3 is 20.3 Å². The van der Waals surface area contributed by atoms with Crippen molar-refractivity contribution < 1.29 is 17.9 Å². The van der Waals surface area contributed by atoms with Gasteiger partial charge >= 0.3 is 6.09 Å². The summed E-state index contributed by atoms with van der Waals surface area (Å²) in [5.41, 5.74) is 0. The van der Waals surface area contributed by atoms with Crippen molar-refractivity contribution in [2.24, 2.45) is 10.1 Å². The number of guanidine groups is 1. The molecule has 9 nitrogen and oxygen atoms in total. The molecule has 0 aliphatic carbocycles. The lowest BCUT2D eigenvalue weighted by atomic mass is 10.1. The first-order valence-electron chi connectivity index (χ1n) is 7.82. The fraction of sp³-hybridized carbons (Fsp3) is 0.846. The summed E-state index contributed by atoms with van der Waals surface area (Å²) in [7, 11) is -3.51. The summed E-state index contributed by atoms with van der Waals surface area (Å²) in [4.78, 5) is 17.5. The number of aliphatic imine (C=N–C) groups is 1. The second kappa shape index (κ2) is 11.7. The SMILES string of the molecule is CCNC(=NCCS(N)(=O)=O)NC1CCN(C(=O)OCC)CC1.I. The molecule has 4 N–H and O–H groups in total. The van der Waals surface area contributed by atoms with Gasteiger partial charge in [0.05, 0.1) is 18.9 Å². The van der Waals surface area contributed by atoms with Crippen molar-refractivity contribution in [2.75, 3.05) is 38.5 Å². The molecule has 0 bridgehead atoms. The summed E-state index contributed by atoms with van der Waals surface area (Å²) in [6.07, 6.45) is 1.27. The molecule has 0 aromatic heterocycles. The van der Waals surface area contributed by atoms with E-state index in [2.05, 4.69) is 15.6 Å². The molecule has 0 aromatic carbocycles.